The Hall–Kier alpha value is -2.63. The van der Waals surface area contributed by atoms with E-state index in [1.807, 2.05) is 32.2 Å². The number of aromatic nitrogens is 3. The largest absolute Gasteiger partial charge is 0.423 e. The normalized spacial score (nSPS) is 38.2. The zero-order chi connectivity index (χ0) is 26.2. The number of hydrogen-bond acceptors (Lipinski definition) is 9. The molecule has 2 aromatic heterocycles. The van der Waals surface area contributed by atoms with Crippen LogP contribution >= 0.6 is 0 Å². The molecular weight excluding hydrogens is 490 g/mol. The van der Waals surface area contributed by atoms with Gasteiger partial charge in [-0.1, -0.05) is 19.1 Å². The Morgan fingerprint density at radius 3 is 2.87 bits per heavy atom. The summed E-state index contributed by atoms with van der Waals surface area (Å²) in [5.74, 6) is 0.285. The zero-order valence-electron chi connectivity index (χ0n) is 22.1. The number of fused-ring (bicyclic) bond motifs is 3. The smallest absolute Gasteiger partial charge is 0.336 e. The number of ether oxygens (including phenoxy) is 3. The Kier molecular flexibility index (Phi) is 5.58. The van der Waals surface area contributed by atoms with Crippen LogP contribution < -0.4 is 5.63 Å². The van der Waals surface area contributed by atoms with Crippen LogP contribution in [0.25, 0.3) is 16.7 Å². The van der Waals surface area contributed by atoms with Crippen LogP contribution in [0.2, 0.25) is 0 Å². The minimum Gasteiger partial charge on any atom is -0.423 e. The van der Waals surface area contributed by atoms with Crippen LogP contribution in [-0.2, 0) is 30.6 Å². The van der Waals surface area contributed by atoms with Crippen molar-refractivity contribution in [1.82, 2.24) is 15.0 Å². The summed E-state index contributed by atoms with van der Waals surface area (Å²) in [7, 11) is 0. The summed E-state index contributed by atoms with van der Waals surface area (Å²) in [6.07, 6.45) is 4.71. The van der Waals surface area contributed by atoms with Gasteiger partial charge in [0.05, 0.1) is 18.5 Å². The maximum Gasteiger partial charge on any atom is 0.336 e. The van der Waals surface area contributed by atoms with Crippen molar-refractivity contribution >= 4 is 11.0 Å². The van der Waals surface area contributed by atoms with Gasteiger partial charge in [0.15, 0.2) is 18.2 Å². The van der Waals surface area contributed by atoms with Crippen LogP contribution in [-0.4, -0.2) is 39.0 Å². The number of aryl methyl sites for hydroxylation is 1. The quantitative estimate of drug-likeness (QED) is 0.363. The Morgan fingerprint density at radius 2 is 2.00 bits per heavy atom. The fraction of sp³-hybridized carbons (Fsp3) is 0.607. The van der Waals surface area contributed by atoms with Gasteiger partial charge in [0.2, 0.25) is 5.79 Å². The summed E-state index contributed by atoms with van der Waals surface area (Å²) < 4.78 is 26.2. The topological polar surface area (TPSA) is 107 Å². The second-order valence-corrected chi connectivity index (χ2v) is 11.7. The molecule has 0 amide bonds. The lowest BCUT2D eigenvalue weighted by molar-refractivity contribution is -0.577. The lowest BCUT2D eigenvalue weighted by Gasteiger charge is -2.60. The summed E-state index contributed by atoms with van der Waals surface area (Å²) in [6.45, 7) is 8.51. The SMILES string of the molecule is Cc1cc(=O)oc2cc(-n3cc(CO[C@H]4O[C@@H]5O[C@@]6(C)CC[C@H]7[C@H](C)CC[C@@H]([C@H]4C)[C@@]57OO6)nn3)ccc12. The summed E-state index contributed by atoms with van der Waals surface area (Å²) in [5, 5.41) is 9.44. The Balaban J connectivity index is 1.10. The molecule has 2 bridgehead atoms. The van der Waals surface area contributed by atoms with Crippen LogP contribution in [0.5, 0.6) is 0 Å². The molecule has 5 fully saturated rings. The van der Waals surface area contributed by atoms with Gasteiger partial charge in [0, 0.05) is 35.8 Å². The maximum absolute atomic E-state index is 11.8. The molecule has 8 atom stereocenters. The number of benzene rings is 1. The van der Waals surface area contributed by atoms with Crippen molar-refractivity contribution in [3.05, 3.63) is 52.1 Å². The number of hydrogen-bond donors (Lipinski definition) is 0. The predicted octanol–water partition coefficient (Wildman–Crippen LogP) is 4.41. The Bertz CT molecular complexity index is 1440. The van der Waals surface area contributed by atoms with E-state index >= 15 is 0 Å². The van der Waals surface area contributed by atoms with Crippen molar-refractivity contribution in [2.45, 2.75) is 84.0 Å². The lowest BCUT2D eigenvalue weighted by Crippen LogP contribution is -2.70. The van der Waals surface area contributed by atoms with Gasteiger partial charge in [-0.15, -0.1) is 5.10 Å². The van der Waals surface area contributed by atoms with Gasteiger partial charge in [-0.25, -0.2) is 19.3 Å². The van der Waals surface area contributed by atoms with E-state index in [4.69, 9.17) is 28.4 Å². The summed E-state index contributed by atoms with van der Waals surface area (Å²) in [6, 6.07) is 7.11. The second-order valence-electron chi connectivity index (χ2n) is 11.7. The molecule has 8 rings (SSSR count). The summed E-state index contributed by atoms with van der Waals surface area (Å²) in [4.78, 5) is 23.9. The molecule has 38 heavy (non-hydrogen) atoms. The minimum atomic E-state index is -0.817. The molecule has 0 radical (unpaired) electrons. The van der Waals surface area contributed by atoms with Crippen LogP contribution in [0.4, 0.5) is 0 Å². The van der Waals surface area contributed by atoms with Crippen molar-refractivity contribution < 1.29 is 28.4 Å². The monoisotopic (exact) mass is 523 g/mol. The van der Waals surface area contributed by atoms with Gasteiger partial charge in [-0.3, -0.25) is 0 Å². The van der Waals surface area contributed by atoms with Gasteiger partial charge >= 0.3 is 5.63 Å². The maximum atomic E-state index is 11.8. The molecule has 1 spiro atoms. The van der Waals surface area contributed by atoms with Crippen molar-refractivity contribution in [3.63, 3.8) is 0 Å². The third kappa shape index (κ3) is 3.69. The van der Waals surface area contributed by atoms with Crippen LogP contribution in [0.15, 0.2) is 39.7 Å². The van der Waals surface area contributed by atoms with E-state index < -0.39 is 24.0 Å². The van der Waals surface area contributed by atoms with E-state index in [1.54, 1.807) is 10.7 Å². The van der Waals surface area contributed by atoms with Gasteiger partial charge in [-0.2, -0.15) is 0 Å². The molecule has 1 saturated carbocycles. The average molecular weight is 524 g/mol. The molecule has 202 valence electrons. The van der Waals surface area contributed by atoms with E-state index in [0.29, 0.717) is 23.1 Å². The third-order valence-electron chi connectivity index (χ3n) is 9.23. The first-order valence-corrected chi connectivity index (χ1v) is 13.5. The number of rotatable bonds is 4. The van der Waals surface area contributed by atoms with Crippen molar-refractivity contribution in [1.29, 1.82) is 0 Å². The molecule has 5 aliphatic rings. The molecular formula is C28H33N3O7. The molecule has 1 aliphatic carbocycles. The second kappa shape index (κ2) is 8.69. The van der Waals surface area contributed by atoms with Crippen LogP contribution in [0.3, 0.4) is 0 Å². The van der Waals surface area contributed by atoms with E-state index in [-0.39, 0.29) is 24.1 Å². The van der Waals surface area contributed by atoms with Gasteiger partial charge in [0.25, 0.3) is 0 Å². The molecule has 10 nitrogen and oxygen atoms in total. The highest BCUT2D eigenvalue weighted by Gasteiger charge is 2.69. The molecule has 1 aromatic carbocycles. The van der Waals surface area contributed by atoms with E-state index in [1.165, 1.54) is 6.07 Å². The molecule has 0 N–H and O–H groups in total. The Labute approximate surface area is 220 Å². The highest BCUT2D eigenvalue weighted by atomic mass is 17.3. The van der Waals surface area contributed by atoms with Crippen LogP contribution in [0, 0.1) is 30.6 Å². The number of nitrogens with zero attached hydrogens (tertiary/aromatic N) is 3. The minimum absolute atomic E-state index is 0.0811. The highest BCUT2D eigenvalue weighted by Crippen LogP contribution is 2.60. The standard InChI is InChI=1S/C28H33N3O7/c1-15-5-8-22-17(3)25(35-26-28(22)21(15)9-10-27(4,36-26)37-38-28)33-14-18-13-31(30-29-18)19-6-7-20-16(2)11-24(32)34-23(20)12-19/h6-7,11-13,15,17,21-22,25-26H,5,8-10,14H2,1-4H3/t15-,17-,21+,22+,25+,26-,27-,28-/m1/s1. The highest BCUT2D eigenvalue weighted by molar-refractivity contribution is 5.81. The first kappa shape index (κ1) is 24.4. The van der Waals surface area contributed by atoms with Gasteiger partial charge in [0.1, 0.15) is 11.3 Å². The lowest BCUT2D eigenvalue weighted by atomic mass is 9.58. The molecule has 6 heterocycles. The Morgan fingerprint density at radius 1 is 1.13 bits per heavy atom. The van der Waals surface area contributed by atoms with Gasteiger partial charge < -0.3 is 18.6 Å². The molecule has 10 heteroatoms. The average Bonchev–Trinajstić information content (AvgIpc) is 3.25. The predicted molar refractivity (Wildman–Crippen MR) is 134 cm³/mol. The first-order valence-electron chi connectivity index (χ1n) is 13.5. The molecule has 4 aliphatic heterocycles. The third-order valence-corrected chi connectivity index (χ3v) is 9.23. The van der Waals surface area contributed by atoms with Gasteiger partial charge in [-0.05, 0) is 62.6 Å². The molecule has 3 aromatic rings. The van der Waals surface area contributed by atoms with Crippen LogP contribution in [0.1, 0.15) is 57.7 Å². The summed E-state index contributed by atoms with van der Waals surface area (Å²) >= 11 is 0. The zero-order valence-corrected chi connectivity index (χ0v) is 22.1. The van der Waals surface area contributed by atoms with E-state index in [0.717, 1.165) is 42.3 Å². The fourth-order valence-electron chi connectivity index (χ4n) is 7.18. The van der Waals surface area contributed by atoms with E-state index in [2.05, 4.69) is 24.2 Å². The fourth-order valence-corrected chi connectivity index (χ4v) is 7.18. The van der Waals surface area contributed by atoms with E-state index in [9.17, 15) is 4.79 Å². The van der Waals surface area contributed by atoms with Crippen molar-refractivity contribution in [2.75, 3.05) is 0 Å². The molecule has 4 saturated heterocycles. The van der Waals surface area contributed by atoms with Crippen molar-refractivity contribution in [3.8, 4) is 5.69 Å². The molecule has 0 unspecified atom stereocenters. The van der Waals surface area contributed by atoms with Crippen molar-refractivity contribution in [2.24, 2.45) is 23.7 Å². The first-order chi connectivity index (χ1) is 18.3. The summed E-state index contributed by atoms with van der Waals surface area (Å²) in [5.41, 5.74) is 1.80.